The van der Waals surface area contributed by atoms with Crippen molar-refractivity contribution in [1.29, 1.82) is 0 Å². The van der Waals surface area contributed by atoms with E-state index >= 15 is 0 Å². The van der Waals surface area contributed by atoms with E-state index in [2.05, 4.69) is 10.3 Å². The van der Waals surface area contributed by atoms with Crippen molar-refractivity contribution in [3.05, 3.63) is 36.0 Å². The largest absolute Gasteiger partial charge is 0.365 e. The molecule has 1 aromatic heterocycles. The van der Waals surface area contributed by atoms with Crippen LogP contribution in [0.4, 0.5) is 5.82 Å². The second-order valence-electron chi connectivity index (χ2n) is 5.37. The summed E-state index contributed by atoms with van der Waals surface area (Å²) in [6.45, 7) is 3.24. The SMILES string of the molecule is NC(=O)c1cccnc1N1CCN(C(=O)[C@@H]2C=CCN2)CC1. The quantitative estimate of drug-likeness (QED) is 0.724. The smallest absolute Gasteiger partial charge is 0.252 e. The van der Waals surface area contributed by atoms with Crippen molar-refractivity contribution >= 4 is 17.6 Å². The van der Waals surface area contributed by atoms with Crippen molar-refractivity contribution in [2.24, 2.45) is 5.73 Å². The molecule has 0 radical (unpaired) electrons. The highest BCUT2D eigenvalue weighted by atomic mass is 16.2. The van der Waals surface area contributed by atoms with Gasteiger partial charge in [0.1, 0.15) is 11.9 Å². The number of carbonyl (C=O) groups is 2. The van der Waals surface area contributed by atoms with Gasteiger partial charge in [-0.2, -0.15) is 0 Å². The summed E-state index contributed by atoms with van der Waals surface area (Å²) in [6, 6.07) is 3.17. The van der Waals surface area contributed by atoms with Crippen molar-refractivity contribution in [2.45, 2.75) is 6.04 Å². The lowest BCUT2D eigenvalue weighted by Gasteiger charge is -2.36. The number of pyridine rings is 1. The van der Waals surface area contributed by atoms with E-state index in [1.165, 1.54) is 0 Å². The van der Waals surface area contributed by atoms with E-state index in [1.807, 2.05) is 22.0 Å². The third kappa shape index (κ3) is 2.80. The molecule has 1 atom stereocenters. The summed E-state index contributed by atoms with van der Waals surface area (Å²) in [5.74, 6) is 0.215. The summed E-state index contributed by atoms with van der Waals surface area (Å²) < 4.78 is 0. The fourth-order valence-electron chi connectivity index (χ4n) is 2.81. The highest BCUT2D eigenvalue weighted by Crippen LogP contribution is 2.19. The topological polar surface area (TPSA) is 91.6 Å². The lowest BCUT2D eigenvalue weighted by atomic mass is 10.2. The zero-order chi connectivity index (χ0) is 15.5. The van der Waals surface area contributed by atoms with Gasteiger partial charge in [0.05, 0.1) is 5.56 Å². The van der Waals surface area contributed by atoms with Gasteiger partial charge in [0.15, 0.2) is 0 Å². The highest BCUT2D eigenvalue weighted by Gasteiger charge is 2.28. The van der Waals surface area contributed by atoms with E-state index in [9.17, 15) is 9.59 Å². The lowest BCUT2D eigenvalue weighted by molar-refractivity contribution is -0.132. The third-order valence-corrected chi connectivity index (χ3v) is 3.99. The van der Waals surface area contributed by atoms with E-state index in [0.717, 1.165) is 6.54 Å². The molecule has 0 aliphatic carbocycles. The Morgan fingerprint density at radius 2 is 2.05 bits per heavy atom. The third-order valence-electron chi connectivity index (χ3n) is 3.99. The van der Waals surface area contributed by atoms with Crippen LogP contribution in [0.25, 0.3) is 0 Å². The fourth-order valence-corrected chi connectivity index (χ4v) is 2.81. The molecule has 7 nitrogen and oxygen atoms in total. The molecule has 0 saturated carbocycles. The summed E-state index contributed by atoms with van der Waals surface area (Å²) in [4.78, 5) is 31.9. The first-order chi connectivity index (χ1) is 10.7. The minimum absolute atomic E-state index is 0.101. The van der Waals surface area contributed by atoms with Crippen molar-refractivity contribution in [3.8, 4) is 0 Å². The van der Waals surface area contributed by atoms with Gasteiger partial charge in [0.25, 0.3) is 5.91 Å². The molecule has 1 aromatic rings. The molecule has 1 fully saturated rings. The molecular weight excluding hydrogens is 282 g/mol. The van der Waals surface area contributed by atoms with Crippen LogP contribution in [-0.2, 0) is 4.79 Å². The predicted octanol–water partition coefficient (Wildman–Crippen LogP) is -0.643. The van der Waals surface area contributed by atoms with Crippen LogP contribution < -0.4 is 16.0 Å². The Bertz CT molecular complexity index is 608. The number of aromatic nitrogens is 1. The van der Waals surface area contributed by atoms with E-state index in [1.54, 1.807) is 18.3 Å². The molecular formula is C15H19N5O2. The Kier molecular flexibility index (Phi) is 4.06. The van der Waals surface area contributed by atoms with Gasteiger partial charge in [-0.3, -0.25) is 14.9 Å². The Labute approximate surface area is 128 Å². The van der Waals surface area contributed by atoms with Gasteiger partial charge >= 0.3 is 0 Å². The van der Waals surface area contributed by atoms with Crippen LogP contribution in [-0.4, -0.2) is 60.5 Å². The molecule has 0 bridgehead atoms. The fraction of sp³-hybridized carbons (Fsp3) is 0.400. The number of hydrogen-bond donors (Lipinski definition) is 2. The molecule has 3 N–H and O–H groups in total. The molecule has 7 heteroatoms. The second-order valence-corrected chi connectivity index (χ2v) is 5.37. The zero-order valence-electron chi connectivity index (χ0n) is 12.2. The number of carbonyl (C=O) groups excluding carboxylic acids is 2. The number of anilines is 1. The predicted molar refractivity (Wildman–Crippen MR) is 82.5 cm³/mol. The Balaban J connectivity index is 1.66. The molecule has 3 rings (SSSR count). The summed E-state index contributed by atoms with van der Waals surface area (Å²) in [6.07, 6.45) is 5.51. The first kappa shape index (κ1) is 14.5. The number of nitrogens with one attached hydrogen (secondary N) is 1. The van der Waals surface area contributed by atoms with Gasteiger partial charge in [0, 0.05) is 38.9 Å². The molecule has 2 aliphatic rings. The molecule has 0 unspecified atom stereocenters. The summed E-state index contributed by atoms with van der Waals surface area (Å²) in [5.41, 5.74) is 5.81. The number of amides is 2. The molecule has 2 amide bonds. The van der Waals surface area contributed by atoms with E-state index in [0.29, 0.717) is 37.6 Å². The monoisotopic (exact) mass is 301 g/mol. The van der Waals surface area contributed by atoms with Gasteiger partial charge < -0.3 is 15.5 Å². The van der Waals surface area contributed by atoms with E-state index < -0.39 is 5.91 Å². The molecule has 0 spiro atoms. The van der Waals surface area contributed by atoms with Crippen LogP contribution in [0.2, 0.25) is 0 Å². The Hall–Kier alpha value is -2.41. The average Bonchev–Trinajstić information content (AvgIpc) is 3.09. The number of rotatable bonds is 3. The zero-order valence-corrected chi connectivity index (χ0v) is 12.2. The van der Waals surface area contributed by atoms with Crippen LogP contribution in [0, 0.1) is 0 Å². The number of primary amides is 1. The average molecular weight is 301 g/mol. The number of piperazine rings is 1. The van der Waals surface area contributed by atoms with Gasteiger partial charge in [0.2, 0.25) is 5.91 Å². The van der Waals surface area contributed by atoms with Crippen LogP contribution in [0.3, 0.4) is 0 Å². The summed E-state index contributed by atoms with van der Waals surface area (Å²) >= 11 is 0. The van der Waals surface area contributed by atoms with E-state index in [-0.39, 0.29) is 11.9 Å². The molecule has 1 saturated heterocycles. The van der Waals surface area contributed by atoms with Crippen molar-refractivity contribution in [1.82, 2.24) is 15.2 Å². The summed E-state index contributed by atoms with van der Waals surface area (Å²) in [5, 5.41) is 3.13. The molecule has 0 aromatic carbocycles. The normalized spacial score (nSPS) is 21.2. The maximum Gasteiger partial charge on any atom is 0.252 e. The second kappa shape index (κ2) is 6.15. The molecule has 2 aliphatic heterocycles. The molecule has 22 heavy (non-hydrogen) atoms. The van der Waals surface area contributed by atoms with Crippen LogP contribution >= 0.6 is 0 Å². The molecule has 3 heterocycles. The number of hydrogen-bond acceptors (Lipinski definition) is 5. The van der Waals surface area contributed by atoms with Gasteiger partial charge in [-0.1, -0.05) is 12.2 Å². The number of nitrogens with zero attached hydrogens (tertiary/aromatic N) is 3. The minimum Gasteiger partial charge on any atom is -0.365 e. The van der Waals surface area contributed by atoms with Gasteiger partial charge in [-0.15, -0.1) is 0 Å². The Morgan fingerprint density at radius 1 is 1.27 bits per heavy atom. The first-order valence-corrected chi connectivity index (χ1v) is 7.35. The van der Waals surface area contributed by atoms with Crippen LogP contribution in [0.1, 0.15) is 10.4 Å². The van der Waals surface area contributed by atoms with Gasteiger partial charge in [-0.05, 0) is 12.1 Å². The number of nitrogens with two attached hydrogens (primary N) is 1. The lowest BCUT2D eigenvalue weighted by Crippen LogP contribution is -2.53. The van der Waals surface area contributed by atoms with Crippen molar-refractivity contribution in [3.63, 3.8) is 0 Å². The van der Waals surface area contributed by atoms with Crippen molar-refractivity contribution in [2.75, 3.05) is 37.6 Å². The van der Waals surface area contributed by atoms with Crippen molar-refractivity contribution < 1.29 is 9.59 Å². The van der Waals surface area contributed by atoms with E-state index in [4.69, 9.17) is 5.73 Å². The summed E-state index contributed by atoms with van der Waals surface area (Å²) in [7, 11) is 0. The highest BCUT2D eigenvalue weighted by molar-refractivity contribution is 5.97. The van der Waals surface area contributed by atoms with Crippen LogP contribution in [0.5, 0.6) is 0 Å². The maximum atomic E-state index is 12.3. The standard InChI is InChI=1S/C15H19N5O2/c16-13(21)11-3-1-6-18-14(11)19-7-9-20(10-8-19)15(22)12-4-2-5-17-12/h1-4,6,12,17H,5,7-10H2,(H2,16,21)/t12-/m0/s1. The first-order valence-electron chi connectivity index (χ1n) is 7.35. The minimum atomic E-state index is -0.484. The van der Waals surface area contributed by atoms with Gasteiger partial charge in [-0.25, -0.2) is 4.98 Å². The Morgan fingerprint density at radius 3 is 2.68 bits per heavy atom. The maximum absolute atomic E-state index is 12.3. The van der Waals surface area contributed by atoms with Crippen LogP contribution in [0.15, 0.2) is 30.5 Å². The molecule has 116 valence electrons.